The highest BCUT2D eigenvalue weighted by Crippen LogP contribution is 2.35. The van der Waals surface area contributed by atoms with E-state index in [1.807, 2.05) is 17.9 Å². The monoisotopic (exact) mass is 413 g/mol. The molecule has 0 radical (unpaired) electrons. The van der Waals surface area contributed by atoms with Gasteiger partial charge in [0, 0.05) is 44.4 Å². The van der Waals surface area contributed by atoms with Gasteiger partial charge < -0.3 is 19.5 Å². The average molecular weight is 414 g/mol. The third kappa shape index (κ3) is 4.36. The number of ether oxygens (including phenoxy) is 1. The third-order valence-corrected chi connectivity index (χ3v) is 6.49. The van der Waals surface area contributed by atoms with Gasteiger partial charge in [-0.1, -0.05) is 11.6 Å². The SMILES string of the molecule is CCOCC(=O)N1C[C@@H]2C[C@H](C1)c1ccc(C(=O)NCC3=CCCCC3)c(=O)n1C2. The molecule has 1 saturated heterocycles. The van der Waals surface area contributed by atoms with Gasteiger partial charge >= 0.3 is 0 Å². The van der Waals surface area contributed by atoms with Gasteiger partial charge in [-0.25, -0.2) is 0 Å². The fourth-order valence-electron chi connectivity index (χ4n) is 4.96. The molecule has 2 aliphatic heterocycles. The lowest BCUT2D eigenvalue weighted by Crippen LogP contribution is -2.50. The van der Waals surface area contributed by atoms with E-state index in [2.05, 4.69) is 11.4 Å². The summed E-state index contributed by atoms with van der Waals surface area (Å²) >= 11 is 0. The number of hydrogen-bond acceptors (Lipinski definition) is 4. The van der Waals surface area contributed by atoms with Crippen molar-refractivity contribution < 1.29 is 14.3 Å². The molecular weight excluding hydrogens is 382 g/mol. The van der Waals surface area contributed by atoms with Gasteiger partial charge in [0.15, 0.2) is 0 Å². The number of likely N-dealkylation sites (tertiary alicyclic amines) is 1. The maximum absolute atomic E-state index is 13.1. The zero-order chi connectivity index (χ0) is 21.1. The molecule has 1 aromatic rings. The number of aromatic nitrogens is 1. The van der Waals surface area contributed by atoms with E-state index in [-0.39, 0.29) is 41.4 Å². The number of carbonyl (C=O) groups is 2. The minimum atomic E-state index is -0.300. The van der Waals surface area contributed by atoms with E-state index in [9.17, 15) is 14.4 Å². The maximum Gasteiger partial charge on any atom is 0.263 e. The summed E-state index contributed by atoms with van der Waals surface area (Å²) < 4.78 is 7.04. The normalized spacial score (nSPS) is 22.8. The molecule has 2 amide bonds. The number of carbonyl (C=O) groups excluding carboxylic acids is 2. The number of pyridine rings is 1. The summed E-state index contributed by atoms with van der Waals surface area (Å²) in [5.41, 5.74) is 2.17. The molecule has 1 aliphatic carbocycles. The van der Waals surface area contributed by atoms with Gasteiger partial charge in [0.2, 0.25) is 5.91 Å². The first-order chi connectivity index (χ1) is 14.6. The van der Waals surface area contributed by atoms with E-state index >= 15 is 0 Å². The number of hydrogen-bond donors (Lipinski definition) is 1. The number of amides is 2. The molecular formula is C23H31N3O4. The van der Waals surface area contributed by atoms with Crippen LogP contribution in [0.2, 0.25) is 0 Å². The lowest BCUT2D eigenvalue weighted by atomic mass is 9.83. The van der Waals surface area contributed by atoms with Crippen molar-refractivity contribution in [2.24, 2.45) is 5.92 Å². The molecule has 2 bridgehead atoms. The maximum atomic E-state index is 13.1. The average Bonchev–Trinajstić information content (AvgIpc) is 2.77. The fourth-order valence-corrected chi connectivity index (χ4v) is 4.96. The molecule has 1 fully saturated rings. The lowest BCUT2D eigenvalue weighted by molar-refractivity contribution is -0.138. The Kier molecular flexibility index (Phi) is 6.37. The Hall–Kier alpha value is -2.41. The van der Waals surface area contributed by atoms with E-state index in [4.69, 9.17) is 4.74 Å². The van der Waals surface area contributed by atoms with Gasteiger partial charge in [0.1, 0.15) is 12.2 Å². The van der Waals surface area contributed by atoms with Gasteiger partial charge in [-0.15, -0.1) is 0 Å². The zero-order valence-corrected chi connectivity index (χ0v) is 17.7. The second-order valence-corrected chi connectivity index (χ2v) is 8.61. The van der Waals surface area contributed by atoms with Crippen LogP contribution < -0.4 is 10.9 Å². The zero-order valence-electron chi connectivity index (χ0n) is 17.7. The van der Waals surface area contributed by atoms with Crippen molar-refractivity contribution in [1.82, 2.24) is 14.8 Å². The quantitative estimate of drug-likeness (QED) is 0.724. The Morgan fingerprint density at radius 1 is 1.20 bits per heavy atom. The second-order valence-electron chi connectivity index (χ2n) is 8.61. The number of nitrogens with one attached hydrogen (secondary N) is 1. The van der Waals surface area contributed by atoms with Crippen LogP contribution in [0.1, 0.15) is 61.0 Å². The van der Waals surface area contributed by atoms with Crippen molar-refractivity contribution in [2.75, 3.05) is 32.8 Å². The van der Waals surface area contributed by atoms with Gasteiger partial charge in [-0.05, 0) is 57.1 Å². The standard InChI is InChI=1S/C23H31N3O4/c1-2-30-15-21(27)25-12-17-10-18(14-25)20-9-8-19(23(29)26(20)13-17)22(28)24-11-16-6-4-3-5-7-16/h6,8-9,17-18H,2-5,7,10-15H2,1H3,(H,24,28)/t17-,18+/m0/s1. The van der Waals surface area contributed by atoms with Gasteiger partial charge in [-0.3, -0.25) is 14.4 Å². The van der Waals surface area contributed by atoms with Crippen molar-refractivity contribution in [3.05, 3.63) is 45.4 Å². The molecule has 3 aliphatic rings. The first-order valence-corrected chi connectivity index (χ1v) is 11.1. The second kappa shape index (κ2) is 9.16. The minimum Gasteiger partial charge on any atom is -0.372 e. The summed E-state index contributed by atoms with van der Waals surface area (Å²) in [5.74, 6) is 0.0619. The Morgan fingerprint density at radius 3 is 2.83 bits per heavy atom. The topological polar surface area (TPSA) is 80.6 Å². The lowest BCUT2D eigenvalue weighted by Gasteiger charge is -2.42. The Balaban J connectivity index is 1.47. The number of allylic oxidation sites excluding steroid dienone is 1. The molecule has 2 atom stereocenters. The van der Waals surface area contributed by atoms with Gasteiger partial charge in [0.05, 0.1) is 0 Å². The first kappa shape index (κ1) is 20.8. The van der Waals surface area contributed by atoms with E-state index in [1.165, 1.54) is 12.0 Å². The minimum absolute atomic E-state index is 0.00959. The van der Waals surface area contributed by atoms with Crippen LogP contribution >= 0.6 is 0 Å². The van der Waals surface area contributed by atoms with Crippen molar-refractivity contribution in [1.29, 1.82) is 0 Å². The van der Waals surface area contributed by atoms with Crippen LogP contribution in [0.4, 0.5) is 0 Å². The fraction of sp³-hybridized carbons (Fsp3) is 0.609. The molecule has 3 heterocycles. The van der Waals surface area contributed by atoms with E-state index < -0.39 is 0 Å². The molecule has 7 heteroatoms. The molecule has 1 aromatic heterocycles. The van der Waals surface area contributed by atoms with Gasteiger partial charge in [0.25, 0.3) is 11.5 Å². The Bertz CT molecular complexity index is 904. The number of nitrogens with zero attached hydrogens (tertiary/aromatic N) is 2. The number of piperidine rings is 1. The molecule has 4 rings (SSSR count). The van der Waals surface area contributed by atoms with Crippen molar-refractivity contribution in [2.45, 2.75) is 51.5 Å². The summed E-state index contributed by atoms with van der Waals surface area (Å²) in [6.07, 6.45) is 7.63. The van der Waals surface area contributed by atoms with Crippen LogP contribution in [0.15, 0.2) is 28.6 Å². The van der Waals surface area contributed by atoms with Crippen LogP contribution in [0.3, 0.4) is 0 Å². The van der Waals surface area contributed by atoms with Crippen LogP contribution in [0.5, 0.6) is 0 Å². The highest BCUT2D eigenvalue weighted by Gasteiger charge is 2.36. The largest absolute Gasteiger partial charge is 0.372 e. The van der Waals surface area contributed by atoms with Crippen LogP contribution in [0.25, 0.3) is 0 Å². The molecule has 0 unspecified atom stereocenters. The van der Waals surface area contributed by atoms with Crippen molar-refractivity contribution >= 4 is 11.8 Å². The molecule has 30 heavy (non-hydrogen) atoms. The smallest absolute Gasteiger partial charge is 0.263 e. The summed E-state index contributed by atoms with van der Waals surface area (Å²) in [7, 11) is 0. The number of rotatable bonds is 6. The molecule has 0 aromatic carbocycles. The summed E-state index contributed by atoms with van der Waals surface area (Å²) in [4.78, 5) is 40.0. The summed E-state index contributed by atoms with van der Waals surface area (Å²) in [5, 5.41) is 2.92. The van der Waals surface area contributed by atoms with E-state index in [0.29, 0.717) is 32.8 Å². The van der Waals surface area contributed by atoms with Crippen LogP contribution in [0, 0.1) is 5.92 Å². The summed E-state index contributed by atoms with van der Waals surface area (Å²) in [6, 6.07) is 3.55. The van der Waals surface area contributed by atoms with Gasteiger partial charge in [-0.2, -0.15) is 0 Å². The Morgan fingerprint density at radius 2 is 2.07 bits per heavy atom. The molecule has 162 valence electrons. The molecule has 0 saturated carbocycles. The molecule has 7 nitrogen and oxygen atoms in total. The summed E-state index contributed by atoms with van der Waals surface area (Å²) in [6.45, 7) is 4.81. The van der Waals surface area contributed by atoms with E-state index in [1.54, 1.807) is 10.6 Å². The highest BCUT2D eigenvalue weighted by atomic mass is 16.5. The van der Waals surface area contributed by atoms with Crippen LogP contribution in [-0.4, -0.2) is 54.1 Å². The Labute approximate surface area is 177 Å². The third-order valence-electron chi connectivity index (χ3n) is 6.49. The van der Waals surface area contributed by atoms with Crippen molar-refractivity contribution in [3.63, 3.8) is 0 Å². The van der Waals surface area contributed by atoms with Crippen LogP contribution in [-0.2, 0) is 16.1 Å². The molecule has 1 N–H and O–H groups in total. The van der Waals surface area contributed by atoms with E-state index in [0.717, 1.165) is 31.4 Å². The predicted octanol–water partition coefficient (Wildman–Crippen LogP) is 2.06. The number of fused-ring (bicyclic) bond motifs is 4. The highest BCUT2D eigenvalue weighted by molar-refractivity contribution is 5.94. The predicted molar refractivity (Wildman–Crippen MR) is 114 cm³/mol. The molecule has 0 spiro atoms. The first-order valence-electron chi connectivity index (χ1n) is 11.1. The van der Waals surface area contributed by atoms with Crippen molar-refractivity contribution in [3.8, 4) is 0 Å².